The van der Waals surface area contributed by atoms with Gasteiger partial charge in [-0.15, -0.1) is 0 Å². The summed E-state index contributed by atoms with van der Waals surface area (Å²) in [6, 6.07) is 11.6. The van der Waals surface area contributed by atoms with Crippen LogP contribution in [0.2, 0.25) is 5.02 Å². The van der Waals surface area contributed by atoms with E-state index in [1.54, 1.807) is 13.2 Å². The summed E-state index contributed by atoms with van der Waals surface area (Å²) >= 11 is 5.86. The molecule has 0 aliphatic carbocycles. The first-order valence-electron chi connectivity index (χ1n) is 7.88. The molecule has 2 rings (SSSR count). The minimum atomic E-state index is -0.664. The Labute approximate surface area is 157 Å². The molecule has 0 aliphatic rings. The summed E-state index contributed by atoms with van der Waals surface area (Å²) in [5.41, 5.74) is 1.08. The van der Waals surface area contributed by atoms with Gasteiger partial charge >= 0.3 is 5.97 Å². The van der Waals surface area contributed by atoms with Gasteiger partial charge in [-0.3, -0.25) is 4.79 Å². The highest BCUT2D eigenvalue weighted by Crippen LogP contribution is 2.24. The summed E-state index contributed by atoms with van der Waals surface area (Å²) in [7, 11) is 3.00. The van der Waals surface area contributed by atoms with Crippen LogP contribution in [-0.4, -0.2) is 32.7 Å². The Kier molecular flexibility index (Phi) is 6.86. The minimum Gasteiger partial charge on any atom is -0.497 e. The lowest BCUT2D eigenvalue weighted by Crippen LogP contribution is -2.31. The zero-order valence-corrected chi connectivity index (χ0v) is 15.5. The molecule has 0 aromatic heterocycles. The number of halogens is 1. The fourth-order valence-electron chi connectivity index (χ4n) is 2.32. The van der Waals surface area contributed by atoms with Crippen molar-refractivity contribution < 1.29 is 23.8 Å². The first-order valence-corrected chi connectivity index (χ1v) is 8.26. The van der Waals surface area contributed by atoms with Gasteiger partial charge < -0.3 is 19.5 Å². The molecule has 26 heavy (non-hydrogen) atoms. The average Bonchev–Trinajstić information content (AvgIpc) is 2.65. The van der Waals surface area contributed by atoms with E-state index in [9.17, 15) is 9.59 Å². The summed E-state index contributed by atoms with van der Waals surface area (Å²) in [5.74, 6) is -0.0955. The number of carbonyl (C=O) groups is 2. The fourth-order valence-corrected chi connectivity index (χ4v) is 2.48. The van der Waals surface area contributed by atoms with Gasteiger partial charge in [-0.05, 0) is 42.8 Å². The molecule has 1 atom stereocenters. The van der Waals surface area contributed by atoms with Crippen molar-refractivity contribution in [1.82, 2.24) is 5.32 Å². The summed E-state index contributed by atoms with van der Waals surface area (Å²) < 4.78 is 15.3. The van der Waals surface area contributed by atoms with Crippen LogP contribution >= 0.6 is 11.6 Å². The zero-order valence-electron chi connectivity index (χ0n) is 14.7. The molecule has 0 radical (unpaired) electrons. The van der Waals surface area contributed by atoms with E-state index in [1.807, 2.05) is 31.2 Å². The number of carbonyl (C=O) groups excluding carboxylic acids is 2. The molecule has 7 heteroatoms. The van der Waals surface area contributed by atoms with E-state index < -0.39 is 18.5 Å². The monoisotopic (exact) mass is 377 g/mol. The number of benzene rings is 2. The molecule has 1 unspecified atom stereocenters. The molecular formula is C19H20ClNO5. The predicted octanol–water partition coefficient (Wildman–Crippen LogP) is 3.39. The largest absolute Gasteiger partial charge is 0.497 e. The van der Waals surface area contributed by atoms with E-state index in [-0.39, 0.29) is 17.4 Å². The number of hydrogen-bond acceptors (Lipinski definition) is 5. The second-order valence-electron chi connectivity index (χ2n) is 5.49. The van der Waals surface area contributed by atoms with E-state index in [1.165, 1.54) is 19.2 Å². The lowest BCUT2D eigenvalue weighted by atomic mass is 10.1. The van der Waals surface area contributed by atoms with Gasteiger partial charge in [0.1, 0.15) is 17.1 Å². The Morgan fingerprint density at radius 2 is 1.88 bits per heavy atom. The summed E-state index contributed by atoms with van der Waals surface area (Å²) in [6.07, 6.45) is 0. The Morgan fingerprint density at radius 1 is 1.12 bits per heavy atom. The van der Waals surface area contributed by atoms with E-state index in [4.69, 9.17) is 25.8 Å². The lowest BCUT2D eigenvalue weighted by Gasteiger charge is -2.15. The van der Waals surface area contributed by atoms with Gasteiger partial charge in [0.2, 0.25) is 0 Å². The maximum absolute atomic E-state index is 12.1. The highest BCUT2D eigenvalue weighted by Gasteiger charge is 2.17. The van der Waals surface area contributed by atoms with Gasteiger partial charge in [0, 0.05) is 5.02 Å². The molecule has 0 fully saturated rings. The van der Waals surface area contributed by atoms with Crippen LogP contribution in [-0.2, 0) is 9.53 Å². The van der Waals surface area contributed by atoms with Crippen LogP contribution < -0.4 is 14.8 Å². The maximum atomic E-state index is 12.1. The summed E-state index contributed by atoms with van der Waals surface area (Å²) in [5, 5.41) is 3.20. The third kappa shape index (κ3) is 5.13. The van der Waals surface area contributed by atoms with Crippen molar-refractivity contribution in [2.24, 2.45) is 0 Å². The lowest BCUT2D eigenvalue weighted by molar-refractivity contribution is -0.124. The molecule has 2 aromatic rings. The van der Waals surface area contributed by atoms with Gasteiger partial charge in [0.15, 0.2) is 6.61 Å². The Hall–Kier alpha value is -2.73. The van der Waals surface area contributed by atoms with Crippen LogP contribution in [0.25, 0.3) is 0 Å². The van der Waals surface area contributed by atoms with Crippen molar-refractivity contribution >= 4 is 23.5 Å². The molecule has 1 N–H and O–H groups in total. The van der Waals surface area contributed by atoms with Gasteiger partial charge in [0.05, 0.1) is 20.3 Å². The second-order valence-corrected chi connectivity index (χ2v) is 5.92. The average molecular weight is 378 g/mol. The van der Waals surface area contributed by atoms with E-state index in [2.05, 4.69) is 5.32 Å². The number of rotatable bonds is 7. The Morgan fingerprint density at radius 3 is 2.58 bits per heavy atom. The van der Waals surface area contributed by atoms with Crippen LogP contribution in [0.15, 0.2) is 42.5 Å². The van der Waals surface area contributed by atoms with Crippen molar-refractivity contribution in [3.8, 4) is 11.5 Å². The minimum absolute atomic E-state index is 0.200. The van der Waals surface area contributed by atoms with Crippen molar-refractivity contribution in [1.29, 1.82) is 0 Å². The number of amides is 1. The number of methoxy groups -OCH3 is 2. The van der Waals surface area contributed by atoms with Gasteiger partial charge in [0.25, 0.3) is 5.91 Å². The quantitative estimate of drug-likeness (QED) is 0.748. The van der Waals surface area contributed by atoms with Crippen LogP contribution in [0.5, 0.6) is 11.5 Å². The first-order chi connectivity index (χ1) is 12.4. The molecule has 0 saturated carbocycles. The molecule has 1 amide bonds. The fraction of sp³-hybridized carbons (Fsp3) is 0.263. The topological polar surface area (TPSA) is 73.9 Å². The molecular weight excluding hydrogens is 358 g/mol. The van der Waals surface area contributed by atoms with Gasteiger partial charge in [-0.1, -0.05) is 23.7 Å². The number of hydrogen-bond donors (Lipinski definition) is 1. The van der Waals surface area contributed by atoms with Crippen molar-refractivity contribution in [2.45, 2.75) is 13.0 Å². The standard InChI is InChI=1S/C19H20ClNO5/c1-12(13-5-4-6-15(9-13)24-2)21-18(22)11-26-19(23)16-8-7-14(20)10-17(16)25-3/h4-10,12H,11H2,1-3H3,(H,21,22). The van der Waals surface area contributed by atoms with Gasteiger partial charge in [-0.25, -0.2) is 4.79 Å². The normalized spacial score (nSPS) is 11.4. The van der Waals surface area contributed by atoms with E-state index in [0.717, 1.165) is 5.56 Å². The number of esters is 1. The zero-order chi connectivity index (χ0) is 19.1. The second kappa shape index (κ2) is 9.10. The molecule has 2 aromatic carbocycles. The third-order valence-electron chi connectivity index (χ3n) is 3.69. The predicted molar refractivity (Wildman–Crippen MR) is 97.8 cm³/mol. The molecule has 0 spiro atoms. The molecule has 0 bridgehead atoms. The molecule has 0 heterocycles. The van der Waals surface area contributed by atoms with Crippen molar-refractivity contribution in [2.75, 3.05) is 20.8 Å². The van der Waals surface area contributed by atoms with E-state index in [0.29, 0.717) is 10.8 Å². The molecule has 0 saturated heterocycles. The molecule has 6 nitrogen and oxygen atoms in total. The first kappa shape index (κ1) is 19.6. The van der Waals surface area contributed by atoms with Crippen LogP contribution in [0.3, 0.4) is 0 Å². The van der Waals surface area contributed by atoms with Crippen molar-refractivity contribution in [3.63, 3.8) is 0 Å². The third-order valence-corrected chi connectivity index (χ3v) is 3.92. The van der Waals surface area contributed by atoms with Crippen LogP contribution in [0.1, 0.15) is 28.9 Å². The Bertz CT molecular complexity index is 793. The highest BCUT2D eigenvalue weighted by atomic mass is 35.5. The summed E-state index contributed by atoms with van der Waals surface area (Å²) in [4.78, 5) is 24.2. The van der Waals surface area contributed by atoms with E-state index >= 15 is 0 Å². The van der Waals surface area contributed by atoms with Crippen molar-refractivity contribution in [3.05, 3.63) is 58.6 Å². The smallest absolute Gasteiger partial charge is 0.342 e. The summed E-state index contributed by atoms with van der Waals surface area (Å²) in [6.45, 7) is 1.43. The van der Waals surface area contributed by atoms with Gasteiger partial charge in [-0.2, -0.15) is 0 Å². The van der Waals surface area contributed by atoms with Crippen LogP contribution in [0, 0.1) is 0 Å². The highest BCUT2D eigenvalue weighted by molar-refractivity contribution is 6.30. The molecule has 0 aliphatic heterocycles. The molecule has 138 valence electrons. The SMILES string of the molecule is COc1cccc(C(C)NC(=O)COC(=O)c2ccc(Cl)cc2OC)c1. The Balaban J connectivity index is 1.93. The number of ether oxygens (including phenoxy) is 3. The number of nitrogens with one attached hydrogen (secondary N) is 1. The van der Waals surface area contributed by atoms with Crippen LogP contribution in [0.4, 0.5) is 0 Å². The maximum Gasteiger partial charge on any atom is 0.342 e.